The maximum absolute atomic E-state index is 5.38. The van der Waals surface area contributed by atoms with E-state index in [4.69, 9.17) is 9.47 Å². The summed E-state index contributed by atoms with van der Waals surface area (Å²) in [7, 11) is 0. The lowest BCUT2D eigenvalue weighted by Gasteiger charge is -2.06. The van der Waals surface area contributed by atoms with Gasteiger partial charge in [0, 0.05) is 13.2 Å². The third-order valence-corrected chi connectivity index (χ3v) is 1.90. The van der Waals surface area contributed by atoms with Crippen LogP contribution in [0.5, 0.6) is 0 Å². The van der Waals surface area contributed by atoms with Gasteiger partial charge >= 0.3 is 0 Å². The van der Waals surface area contributed by atoms with Crippen molar-refractivity contribution in [1.82, 2.24) is 0 Å². The lowest BCUT2D eigenvalue weighted by atomic mass is 10.2. The van der Waals surface area contributed by atoms with Gasteiger partial charge in [0.15, 0.2) is 0 Å². The number of hydrogen-bond acceptors (Lipinski definition) is 2. The minimum Gasteiger partial charge on any atom is -0.381 e. The fourth-order valence-corrected chi connectivity index (χ4v) is 1.05. The number of hydrogen-bond donors (Lipinski definition) is 0. The van der Waals surface area contributed by atoms with Gasteiger partial charge in [-0.2, -0.15) is 0 Å². The Labute approximate surface area is 88.3 Å². The van der Waals surface area contributed by atoms with Gasteiger partial charge in [-0.05, 0) is 25.7 Å². The molecule has 0 N–H and O–H groups in total. The fourth-order valence-electron chi connectivity index (χ4n) is 1.05. The Morgan fingerprint density at radius 3 is 1.64 bits per heavy atom. The zero-order chi connectivity index (χ0) is 10.6. The van der Waals surface area contributed by atoms with E-state index in [1.165, 1.54) is 5.57 Å². The highest BCUT2D eigenvalue weighted by molar-refractivity contribution is 4.93. The summed E-state index contributed by atoms with van der Waals surface area (Å²) in [5.74, 6) is 0. The maximum atomic E-state index is 5.38. The summed E-state index contributed by atoms with van der Waals surface area (Å²) in [5.41, 5.74) is 1.23. The quantitative estimate of drug-likeness (QED) is 0.398. The fraction of sp³-hybridized carbons (Fsp3) is 0.833. The van der Waals surface area contributed by atoms with Crippen LogP contribution in [-0.2, 0) is 9.47 Å². The first-order valence-corrected chi connectivity index (χ1v) is 5.63. The second-order valence-electron chi connectivity index (χ2n) is 3.47. The zero-order valence-corrected chi connectivity index (χ0v) is 9.68. The topological polar surface area (TPSA) is 18.5 Å². The summed E-state index contributed by atoms with van der Waals surface area (Å²) in [5, 5.41) is 0. The molecule has 0 saturated heterocycles. The molecule has 0 rings (SSSR count). The zero-order valence-electron chi connectivity index (χ0n) is 9.68. The number of ether oxygens (including phenoxy) is 2. The normalized spacial score (nSPS) is 10.4. The van der Waals surface area contributed by atoms with E-state index >= 15 is 0 Å². The van der Waals surface area contributed by atoms with Gasteiger partial charge < -0.3 is 9.47 Å². The Morgan fingerprint density at radius 2 is 1.29 bits per heavy atom. The van der Waals surface area contributed by atoms with Crippen molar-refractivity contribution in [3.8, 4) is 0 Å². The van der Waals surface area contributed by atoms with Crippen molar-refractivity contribution < 1.29 is 9.47 Å². The Balaban J connectivity index is 3.11. The van der Waals surface area contributed by atoms with E-state index in [2.05, 4.69) is 20.4 Å². The first-order chi connectivity index (χ1) is 6.81. The van der Waals surface area contributed by atoms with Gasteiger partial charge in [-0.3, -0.25) is 0 Å². The van der Waals surface area contributed by atoms with Gasteiger partial charge in [-0.25, -0.2) is 0 Å². The van der Waals surface area contributed by atoms with Gasteiger partial charge in [-0.1, -0.05) is 26.0 Å². The molecule has 2 nitrogen and oxygen atoms in total. The van der Waals surface area contributed by atoms with Crippen molar-refractivity contribution in [2.75, 3.05) is 26.4 Å². The summed E-state index contributed by atoms with van der Waals surface area (Å²) in [6.07, 6.45) is 4.11. The van der Waals surface area contributed by atoms with Gasteiger partial charge in [-0.15, -0.1) is 0 Å². The van der Waals surface area contributed by atoms with Crippen LogP contribution in [0, 0.1) is 0 Å². The second-order valence-corrected chi connectivity index (χ2v) is 3.47. The maximum Gasteiger partial charge on any atom is 0.0503 e. The molecule has 0 bridgehead atoms. The minimum absolute atomic E-state index is 0.806. The number of rotatable bonds is 10. The standard InChI is InChI=1S/C12H24O2/c1-4-8-13-10-6-12(3)7-11-14-9-5-2/h3-11H2,1-2H3. The summed E-state index contributed by atoms with van der Waals surface area (Å²) in [4.78, 5) is 0. The van der Waals surface area contributed by atoms with Crippen molar-refractivity contribution in [2.24, 2.45) is 0 Å². The van der Waals surface area contributed by atoms with Crippen LogP contribution in [0.3, 0.4) is 0 Å². The summed E-state index contributed by atoms with van der Waals surface area (Å²) >= 11 is 0. The third-order valence-electron chi connectivity index (χ3n) is 1.90. The first kappa shape index (κ1) is 13.7. The molecule has 0 spiro atoms. The van der Waals surface area contributed by atoms with Gasteiger partial charge in [0.1, 0.15) is 0 Å². The second kappa shape index (κ2) is 10.7. The van der Waals surface area contributed by atoms with E-state index in [9.17, 15) is 0 Å². The molecule has 0 aromatic rings. The van der Waals surface area contributed by atoms with Crippen LogP contribution in [0.1, 0.15) is 39.5 Å². The summed E-state index contributed by atoms with van der Waals surface area (Å²) in [6, 6.07) is 0. The molecule has 84 valence electrons. The van der Waals surface area contributed by atoms with E-state index < -0.39 is 0 Å². The molecule has 0 atom stereocenters. The van der Waals surface area contributed by atoms with E-state index in [0.717, 1.165) is 52.1 Å². The van der Waals surface area contributed by atoms with Gasteiger partial charge in [0.05, 0.1) is 13.2 Å². The van der Waals surface area contributed by atoms with Crippen molar-refractivity contribution in [3.05, 3.63) is 12.2 Å². The highest BCUT2D eigenvalue weighted by Crippen LogP contribution is 2.04. The Kier molecular flexibility index (Phi) is 10.5. The van der Waals surface area contributed by atoms with Gasteiger partial charge in [0.2, 0.25) is 0 Å². The van der Waals surface area contributed by atoms with Crippen LogP contribution < -0.4 is 0 Å². The predicted octanol–water partition coefficient (Wildman–Crippen LogP) is 3.18. The summed E-state index contributed by atoms with van der Waals surface area (Å²) in [6.45, 7) is 11.6. The molecule has 0 aliphatic rings. The molecule has 0 saturated carbocycles. The van der Waals surface area contributed by atoms with E-state index in [0.29, 0.717) is 0 Å². The molecule has 0 heterocycles. The van der Waals surface area contributed by atoms with E-state index in [1.54, 1.807) is 0 Å². The van der Waals surface area contributed by atoms with Crippen LogP contribution >= 0.6 is 0 Å². The molecule has 0 aliphatic carbocycles. The molecule has 0 aromatic heterocycles. The average molecular weight is 200 g/mol. The van der Waals surface area contributed by atoms with Crippen molar-refractivity contribution in [3.63, 3.8) is 0 Å². The molecule has 0 fully saturated rings. The van der Waals surface area contributed by atoms with Crippen LogP contribution in [0.25, 0.3) is 0 Å². The van der Waals surface area contributed by atoms with Crippen molar-refractivity contribution in [2.45, 2.75) is 39.5 Å². The largest absolute Gasteiger partial charge is 0.381 e. The molecule has 14 heavy (non-hydrogen) atoms. The summed E-state index contributed by atoms with van der Waals surface area (Å²) < 4.78 is 10.8. The van der Waals surface area contributed by atoms with E-state index in [1.807, 2.05) is 0 Å². The third kappa shape index (κ3) is 9.75. The minimum atomic E-state index is 0.806. The lowest BCUT2D eigenvalue weighted by molar-refractivity contribution is 0.127. The predicted molar refractivity (Wildman–Crippen MR) is 60.6 cm³/mol. The molecule has 0 amide bonds. The average Bonchev–Trinajstić information content (AvgIpc) is 2.19. The first-order valence-electron chi connectivity index (χ1n) is 5.63. The van der Waals surface area contributed by atoms with Crippen LogP contribution in [0.2, 0.25) is 0 Å². The molecule has 0 unspecified atom stereocenters. The molecule has 2 heteroatoms. The van der Waals surface area contributed by atoms with Crippen molar-refractivity contribution >= 4 is 0 Å². The SMILES string of the molecule is C=C(CCOCCC)CCOCCC. The van der Waals surface area contributed by atoms with Crippen LogP contribution in [0.4, 0.5) is 0 Å². The smallest absolute Gasteiger partial charge is 0.0503 e. The highest BCUT2D eigenvalue weighted by atomic mass is 16.5. The molecular weight excluding hydrogens is 176 g/mol. The molecule has 0 radical (unpaired) electrons. The van der Waals surface area contributed by atoms with Gasteiger partial charge in [0.25, 0.3) is 0 Å². The monoisotopic (exact) mass is 200 g/mol. The highest BCUT2D eigenvalue weighted by Gasteiger charge is 1.95. The molecule has 0 aromatic carbocycles. The molecule has 0 aliphatic heterocycles. The van der Waals surface area contributed by atoms with Crippen molar-refractivity contribution in [1.29, 1.82) is 0 Å². The Bertz CT molecular complexity index is 118. The lowest BCUT2D eigenvalue weighted by Crippen LogP contribution is -2.00. The Hall–Kier alpha value is -0.340. The van der Waals surface area contributed by atoms with E-state index in [-0.39, 0.29) is 0 Å². The van der Waals surface area contributed by atoms with Crippen LogP contribution in [-0.4, -0.2) is 26.4 Å². The van der Waals surface area contributed by atoms with Crippen LogP contribution in [0.15, 0.2) is 12.2 Å². The Morgan fingerprint density at radius 1 is 0.857 bits per heavy atom. The molecular formula is C12H24O2.